The normalized spacial score (nSPS) is 50.6. The van der Waals surface area contributed by atoms with Gasteiger partial charge in [0.15, 0.2) is 0 Å². The molecule has 2 saturated carbocycles. The van der Waals surface area contributed by atoms with E-state index in [4.69, 9.17) is 4.74 Å². The second-order valence-electron chi connectivity index (χ2n) is 5.94. The smallest absolute Gasteiger partial charge is 0.0811 e. The third kappa shape index (κ3) is 1.83. The van der Waals surface area contributed by atoms with E-state index in [-0.39, 0.29) is 5.60 Å². The lowest BCUT2D eigenvalue weighted by atomic mass is 9.78. The van der Waals surface area contributed by atoms with Gasteiger partial charge in [0.1, 0.15) is 0 Å². The van der Waals surface area contributed by atoms with Gasteiger partial charge in [-0.05, 0) is 50.9 Å². The average Bonchev–Trinajstić information content (AvgIpc) is 2.70. The third-order valence-electron chi connectivity index (χ3n) is 4.73. The molecule has 2 unspecified atom stereocenters. The molecule has 2 nitrogen and oxygen atoms in total. The van der Waals surface area contributed by atoms with Gasteiger partial charge in [-0.1, -0.05) is 6.92 Å². The predicted octanol–water partition coefficient (Wildman–Crippen LogP) is 2.48. The molecule has 15 heavy (non-hydrogen) atoms. The Balaban J connectivity index is 1.67. The van der Waals surface area contributed by atoms with Crippen molar-refractivity contribution in [3.63, 3.8) is 0 Å². The first kappa shape index (κ1) is 10.1. The second-order valence-corrected chi connectivity index (χ2v) is 5.94. The molecule has 3 rings (SSSR count). The van der Waals surface area contributed by atoms with Crippen LogP contribution < -0.4 is 5.32 Å². The molecule has 0 aromatic rings. The molecular weight excluding hydrogens is 186 g/mol. The van der Waals surface area contributed by atoms with Gasteiger partial charge in [0, 0.05) is 12.6 Å². The summed E-state index contributed by atoms with van der Waals surface area (Å²) in [5.41, 5.74) is 0.220. The summed E-state index contributed by atoms with van der Waals surface area (Å²) >= 11 is 0. The molecule has 1 N–H and O–H groups in total. The Hall–Kier alpha value is -0.0800. The topological polar surface area (TPSA) is 21.3 Å². The SMILES string of the molecule is CC1CCC2(CC1)CNC1CCCC1O2. The molecular formula is C13H23NO. The standard InChI is InChI=1S/C13H23NO/c1-10-5-7-13(8-6-10)9-14-11-3-2-4-12(11)15-13/h10-12,14H,2-9H2,1H3. The highest BCUT2D eigenvalue weighted by Crippen LogP contribution is 2.40. The van der Waals surface area contributed by atoms with E-state index in [1.807, 2.05) is 0 Å². The Morgan fingerprint density at radius 2 is 1.93 bits per heavy atom. The Kier molecular flexibility index (Phi) is 2.52. The third-order valence-corrected chi connectivity index (χ3v) is 4.73. The minimum atomic E-state index is 0.220. The van der Waals surface area contributed by atoms with Crippen molar-refractivity contribution in [3.8, 4) is 0 Å². The average molecular weight is 209 g/mol. The molecule has 1 aliphatic heterocycles. The molecule has 1 saturated heterocycles. The van der Waals surface area contributed by atoms with E-state index in [1.165, 1.54) is 44.9 Å². The summed E-state index contributed by atoms with van der Waals surface area (Å²) in [5, 5.41) is 3.73. The van der Waals surface area contributed by atoms with Crippen LogP contribution in [0.1, 0.15) is 51.9 Å². The Morgan fingerprint density at radius 1 is 1.13 bits per heavy atom. The lowest BCUT2D eigenvalue weighted by Crippen LogP contribution is -2.58. The van der Waals surface area contributed by atoms with Crippen LogP contribution >= 0.6 is 0 Å². The van der Waals surface area contributed by atoms with E-state index in [0.29, 0.717) is 12.1 Å². The predicted molar refractivity (Wildman–Crippen MR) is 60.9 cm³/mol. The van der Waals surface area contributed by atoms with Crippen LogP contribution in [0.3, 0.4) is 0 Å². The quantitative estimate of drug-likeness (QED) is 0.662. The minimum Gasteiger partial charge on any atom is -0.369 e. The van der Waals surface area contributed by atoms with Crippen LogP contribution in [0, 0.1) is 5.92 Å². The van der Waals surface area contributed by atoms with Crippen LogP contribution in [0.2, 0.25) is 0 Å². The van der Waals surface area contributed by atoms with Crippen molar-refractivity contribution in [2.24, 2.45) is 5.92 Å². The molecule has 0 aromatic heterocycles. The number of hydrogen-bond acceptors (Lipinski definition) is 2. The Labute approximate surface area is 92.8 Å². The summed E-state index contributed by atoms with van der Waals surface area (Å²) < 4.78 is 6.42. The number of fused-ring (bicyclic) bond motifs is 1. The maximum absolute atomic E-state index is 6.42. The molecule has 2 atom stereocenters. The highest BCUT2D eigenvalue weighted by molar-refractivity contribution is 4.98. The Morgan fingerprint density at radius 3 is 2.73 bits per heavy atom. The van der Waals surface area contributed by atoms with Crippen LogP contribution in [0.5, 0.6) is 0 Å². The lowest BCUT2D eigenvalue weighted by molar-refractivity contribution is -0.147. The van der Waals surface area contributed by atoms with Gasteiger partial charge in [0.25, 0.3) is 0 Å². The molecule has 3 aliphatic rings. The van der Waals surface area contributed by atoms with Gasteiger partial charge >= 0.3 is 0 Å². The van der Waals surface area contributed by atoms with Crippen molar-refractivity contribution in [1.82, 2.24) is 5.32 Å². The monoisotopic (exact) mass is 209 g/mol. The van der Waals surface area contributed by atoms with Crippen molar-refractivity contribution in [3.05, 3.63) is 0 Å². The summed E-state index contributed by atoms with van der Waals surface area (Å²) in [5.74, 6) is 0.917. The van der Waals surface area contributed by atoms with E-state index >= 15 is 0 Å². The van der Waals surface area contributed by atoms with Crippen LogP contribution in [-0.4, -0.2) is 24.3 Å². The first-order valence-electron chi connectivity index (χ1n) is 6.69. The number of rotatable bonds is 0. The zero-order chi connectivity index (χ0) is 10.3. The molecule has 0 aromatic carbocycles. The highest BCUT2D eigenvalue weighted by Gasteiger charge is 2.44. The summed E-state index contributed by atoms with van der Waals surface area (Å²) in [6.45, 7) is 3.49. The van der Waals surface area contributed by atoms with E-state index < -0.39 is 0 Å². The molecule has 1 spiro atoms. The fourth-order valence-corrected chi connectivity index (χ4v) is 3.56. The molecule has 0 radical (unpaired) electrons. The maximum atomic E-state index is 6.42. The van der Waals surface area contributed by atoms with Gasteiger partial charge in [-0.3, -0.25) is 0 Å². The van der Waals surface area contributed by atoms with Crippen LogP contribution in [0.15, 0.2) is 0 Å². The molecule has 86 valence electrons. The molecule has 0 bridgehead atoms. The first-order valence-corrected chi connectivity index (χ1v) is 6.69. The minimum absolute atomic E-state index is 0.220. The number of ether oxygens (including phenoxy) is 1. The van der Waals surface area contributed by atoms with Gasteiger partial charge in [-0.25, -0.2) is 0 Å². The van der Waals surface area contributed by atoms with E-state index in [0.717, 1.165) is 12.5 Å². The van der Waals surface area contributed by atoms with Crippen molar-refractivity contribution in [1.29, 1.82) is 0 Å². The molecule has 0 amide bonds. The summed E-state index contributed by atoms with van der Waals surface area (Å²) in [6, 6.07) is 0.676. The van der Waals surface area contributed by atoms with Gasteiger partial charge < -0.3 is 10.1 Å². The van der Waals surface area contributed by atoms with Gasteiger partial charge in [0.05, 0.1) is 11.7 Å². The van der Waals surface area contributed by atoms with E-state index in [1.54, 1.807) is 0 Å². The summed E-state index contributed by atoms with van der Waals surface area (Å²) in [4.78, 5) is 0. The van der Waals surface area contributed by atoms with Crippen LogP contribution in [-0.2, 0) is 4.74 Å². The van der Waals surface area contributed by atoms with Crippen LogP contribution in [0.25, 0.3) is 0 Å². The van der Waals surface area contributed by atoms with Crippen molar-refractivity contribution < 1.29 is 4.74 Å². The molecule has 2 heteroatoms. The molecule has 1 heterocycles. The van der Waals surface area contributed by atoms with Crippen molar-refractivity contribution in [2.45, 2.75) is 69.6 Å². The second kappa shape index (κ2) is 3.74. The largest absolute Gasteiger partial charge is 0.369 e. The van der Waals surface area contributed by atoms with Gasteiger partial charge in [-0.2, -0.15) is 0 Å². The van der Waals surface area contributed by atoms with Gasteiger partial charge in [0.2, 0.25) is 0 Å². The van der Waals surface area contributed by atoms with Crippen molar-refractivity contribution >= 4 is 0 Å². The number of hydrogen-bond donors (Lipinski definition) is 1. The zero-order valence-corrected chi connectivity index (χ0v) is 9.80. The summed E-state index contributed by atoms with van der Waals surface area (Å²) in [6.07, 6.45) is 9.79. The Bertz CT molecular complexity index is 233. The highest BCUT2D eigenvalue weighted by atomic mass is 16.5. The zero-order valence-electron chi connectivity index (χ0n) is 9.80. The fourth-order valence-electron chi connectivity index (χ4n) is 3.56. The maximum Gasteiger partial charge on any atom is 0.0811 e. The molecule has 2 aliphatic carbocycles. The van der Waals surface area contributed by atoms with Crippen LogP contribution in [0.4, 0.5) is 0 Å². The van der Waals surface area contributed by atoms with Gasteiger partial charge in [-0.15, -0.1) is 0 Å². The fraction of sp³-hybridized carbons (Fsp3) is 1.00. The summed E-state index contributed by atoms with van der Waals surface area (Å²) in [7, 11) is 0. The lowest BCUT2D eigenvalue weighted by Gasteiger charge is -2.47. The first-order chi connectivity index (χ1) is 7.27. The van der Waals surface area contributed by atoms with Crippen molar-refractivity contribution in [2.75, 3.05) is 6.54 Å². The number of morpholine rings is 1. The molecule has 3 fully saturated rings. The number of nitrogens with one attached hydrogen (secondary N) is 1. The van der Waals surface area contributed by atoms with E-state index in [9.17, 15) is 0 Å². The van der Waals surface area contributed by atoms with E-state index in [2.05, 4.69) is 12.2 Å².